The fourth-order valence-corrected chi connectivity index (χ4v) is 4.83. The Balaban J connectivity index is 0.00000192. The molecule has 0 aromatic heterocycles. The molecule has 5 atom stereocenters. The van der Waals surface area contributed by atoms with Gasteiger partial charge in [0.25, 0.3) is 0 Å². The zero-order valence-electron chi connectivity index (χ0n) is 14.3. The molecule has 23 heavy (non-hydrogen) atoms. The first-order chi connectivity index (χ1) is 10.4. The van der Waals surface area contributed by atoms with Crippen LogP contribution in [0.1, 0.15) is 52.9 Å². The van der Waals surface area contributed by atoms with Gasteiger partial charge in [-0.05, 0) is 55.4 Å². The lowest BCUT2D eigenvalue weighted by atomic mass is 9.43. The van der Waals surface area contributed by atoms with E-state index in [1.54, 1.807) is 0 Å². The van der Waals surface area contributed by atoms with Crippen molar-refractivity contribution in [1.29, 1.82) is 0 Å². The van der Waals surface area contributed by atoms with Crippen LogP contribution in [0.4, 0.5) is 0 Å². The zero-order valence-corrected chi connectivity index (χ0v) is 15.1. The summed E-state index contributed by atoms with van der Waals surface area (Å²) >= 11 is 0. The van der Waals surface area contributed by atoms with Crippen molar-refractivity contribution in [3.63, 3.8) is 0 Å². The molecule has 130 valence electrons. The van der Waals surface area contributed by atoms with E-state index in [1.165, 1.54) is 6.42 Å². The summed E-state index contributed by atoms with van der Waals surface area (Å²) in [6.07, 6.45) is 5.19. The van der Waals surface area contributed by atoms with Gasteiger partial charge in [-0.2, -0.15) is 0 Å². The maximum Gasteiger partial charge on any atom is 0.475 e. The molecule has 0 aromatic rings. The third-order valence-electron chi connectivity index (χ3n) is 6.43. The number of hydrogen-bond donors (Lipinski definition) is 1. The van der Waals surface area contributed by atoms with Crippen LogP contribution in [0.2, 0.25) is 0 Å². The molecule has 4 aliphatic rings. The van der Waals surface area contributed by atoms with Crippen LogP contribution < -0.4 is 5.73 Å². The first kappa shape index (κ1) is 18.9. The minimum absolute atomic E-state index is 0. The predicted octanol–water partition coefficient (Wildman–Crippen LogP) is 3.48. The maximum atomic E-state index is 8.26. The Morgan fingerprint density at radius 2 is 2.09 bits per heavy atom. The van der Waals surface area contributed by atoms with Gasteiger partial charge in [-0.25, -0.2) is 0 Å². The van der Waals surface area contributed by atoms with E-state index in [9.17, 15) is 0 Å². The first-order valence-electron chi connectivity index (χ1n) is 8.49. The second-order valence-electron chi connectivity index (χ2n) is 7.95. The number of unbranched alkanes of at least 4 members (excludes halogenated alkanes) is 1. The van der Waals surface area contributed by atoms with Crippen molar-refractivity contribution in [3.8, 4) is 0 Å². The molecule has 4 rings (SSSR count). The van der Waals surface area contributed by atoms with E-state index in [2.05, 4.69) is 30.8 Å². The predicted molar refractivity (Wildman–Crippen MR) is 93.2 cm³/mol. The van der Waals surface area contributed by atoms with Gasteiger partial charge in [-0.3, -0.25) is 0 Å². The van der Waals surface area contributed by atoms with Gasteiger partial charge >= 0.3 is 7.12 Å². The Morgan fingerprint density at radius 3 is 2.74 bits per heavy atom. The van der Waals surface area contributed by atoms with Crippen molar-refractivity contribution in [2.75, 3.05) is 6.54 Å². The highest BCUT2D eigenvalue weighted by atomic mass is 35.5. The summed E-state index contributed by atoms with van der Waals surface area (Å²) in [5, 5.41) is 3.54. The fraction of sp³-hybridized carbons (Fsp3) is 1.00. The summed E-state index contributed by atoms with van der Waals surface area (Å²) < 4.78 is 12.5. The highest BCUT2D eigenvalue weighted by Crippen LogP contribution is 2.65. The normalized spacial score (nSPS) is 37.9. The molecule has 0 unspecified atom stereocenters. The van der Waals surface area contributed by atoms with Crippen molar-refractivity contribution in [1.82, 2.24) is 0 Å². The van der Waals surface area contributed by atoms with Crippen LogP contribution in [0.5, 0.6) is 0 Å². The van der Waals surface area contributed by atoms with Crippen molar-refractivity contribution in [2.24, 2.45) is 28.1 Å². The van der Waals surface area contributed by atoms with Gasteiger partial charge in [0.05, 0.1) is 11.7 Å². The molecule has 8 heteroatoms. The lowest BCUT2D eigenvalue weighted by Crippen LogP contribution is -2.65. The van der Waals surface area contributed by atoms with Crippen LogP contribution in [-0.2, 0) is 9.31 Å². The smallest absolute Gasteiger partial charge is 0.404 e. The zero-order chi connectivity index (χ0) is 16.0. The molecular formula is C15H28BClN4O2. The van der Waals surface area contributed by atoms with Gasteiger partial charge in [0.1, 0.15) is 0 Å². The number of nitrogens with two attached hydrogens (primary N) is 1. The second kappa shape index (κ2) is 6.81. The Hall–Kier alpha value is -0.455. The molecule has 4 fully saturated rings. The number of halogens is 1. The van der Waals surface area contributed by atoms with Crippen LogP contribution in [0.25, 0.3) is 10.4 Å². The highest BCUT2D eigenvalue weighted by molar-refractivity contribution is 6.47. The Morgan fingerprint density at radius 1 is 1.35 bits per heavy atom. The van der Waals surface area contributed by atoms with Gasteiger partial charge < -0.3 is 15.0 Å². The van der Waals surface area contributed by atoms with E-state index in [4.69, 9.17) is 20.6 Å². The number of azide groups is 1. The number of rotatable bonds is 6. The van der Waals surface area contributed by atoms with Crippen LogP contribution in [0, 0.1) is 17.3 Å². The van der Waals surface area contributed by atoms with Gasteiger partial charge in [0.15, 0.2) is 0 Å². The Kier molecular flexibility index (Phi) is 5.59. The third kappa shape index (κ3) is 3.10. The highest BCUT2D eigenvalue weighted by Gasteiger charge is 2.68. The summed E-state index contributed by atoms with van der Waals surface area (Å²) in [6, 6.07) is 0. The summed E-state index contributed by atoms with van der Waals surface area (Å²) in [6.45, 7) is 7.47. The summed E-state index contributed by atoms with van der Waals surface area (Å²) in [7, 11) is -0.287. The summed E-state index contributed by atoms with van der Waals surface area (Å²) in [4.78, 5) is 2.76. The van der Waals surface area contributed by atoms with Crippen molar-refractivity contribution in [2.45, 2.75) is 70.5 Å². The Labute approximate surface area is 145 Å². The lowest BCUT2D eigenvalue weighted by Gasteiger charge is -2.64. The second-order valence-corrected chi connectivity index (χ2v) is 7.95. The SMILES string of the molecule is CC1(C)[C@@H]2C[C@H]3OB([C@@H](N)CCCCN=[N+]=[N-])O[C@@]3(C)[C@H]1C2.Cl. The fourth-order valence-electron chi connectivity index (χ4n) is 4.83. The molecule has 1 heterocycles. The van der Waals surface area contributed by atoms with Gasteiger partial charge in [-0.1, -0.05) is 25.4 Å². The van der Waals surface area contributed by atoms with Crippen molar-refractivity contribution < 1.29 is 9.31 Å². The minimum atomic E-state index is -0.287. The molecule has 0 spiro atoms. The minimum Gasteiger partial charge on any atom is -0.404 e. The van der Waals surface area contributed by atoms with Gasteiger partial charge in [0.2, 0.25) is 0 Å². The number of nitrogens with zero attached hydrogens (tertiary/aromatic N) is 3. The quantitative estimate of drug-likeness (QED) is 0.263. The average molecular weight is 343 g/mol. The largest absolute Gasteiger partial charge is 0.475 e. The van der Waals surface area contributed by atoms with Crippen molar-refractivity contribution >= 4 is 19.5 Å². The van der Waals surface area contributed by atoms with Crippen LogP contribution in [0.15, 0.2) is 5.11 Å². The van der Waals surface area contributed by atoms with E-state index < -0.39 is 0 Å². The number of hydrogen-bond acceptors (Lipinski definition) is 4. The molecule has 0 aromatic carbocycles. The molecular weight excluding hydrogens is 314 g/mol. The van der Waals surface area contributed by atoms with E-state index in [-0.39, 0.29) is 37.2 Å². The van der Waals surface area contributed by atoms with Crippen LogP contribution in [0.3, 0.4) is 0 Å². The molecule has 1 saturated heterocycles. The van der Waals surface area contributed by atoms with Crippen LogP contribution >= 0.6 is 12.4 Å². The molecule has 0 amide bonds. The molecule has 0 radical (unpaired) electrons. The molecule has 2 N–H and O–H groups in total. The molecule has 2 bridgehead atoms. The topological polar surface area (TPSA) is 93.2 Å². The first-order valence-corrected chi connectivity index (χ1v) is 8.49. The standard InChI is InChI=1S/C15H27BN4O2.ClH/c1-14(2)10-8-11(14)15(3)12(9-10)21-16(22-15)13(17)6-4-5-7-19-20-18;/h10-13H,4-9,17H2,1-3H3;1H/t10-,11-,12+,13-,15-;/m0./s1. The molecule has 1 aliphatic heterocycles. The van der Waals surface area contributed by atoms with Crippen LogP contribution in [-0.4, -0.2) is 31.3 Å². The van der Waals surface area contributed by atoms with E-state index in [1.807, 2.05) is 0 Å². The van der Waals surface area contributed by atoms with E-state index in [0.29, 0.717) is 17.9 Å². The maximum absolute atomic E-state index is 8.26. The molecule has 3 aliphatic carbocycles. The van der Waals surface area contributed by atoms with E-state index in [0.717, 1.165) is 31.6 Å². The summed E-state index contributed by atoms with van der Waals surface area (Å²) in [5.41, 5.74) is 14.7. The Bertz CT molecular complexity index is 488. The molecule has 6 nitrogen and oxygen atoms in total. The van der Waals surface area contributed by atoms with Gasteiger partial charge in [-0.15, -0.1) is 12.4 Å². The monoisotopic (exact) mass is 342 g/mol. The van der Waals surface area contributed by atoms with Gasteiger partial charge in [0, 0.05) is 17.4 Å². The van der Waals surface area contributed by atoms with Crippen molar-refractivity contribution in [3.05, 3.63) is 10.4 Å². The summed E-state index contributed by atoms with van der Waals surface area (Å²) in [5.74, 6) is 1.23. The third-order valence-corrected chi connectivity index (χ3v) is 6.43. The lowest BCUT2D eigenvalue weighted by molar-refractivity contribution is -0.199. The van der Waals surface area contributed by atoms with E-state index >= 15 is 0 Å². The average Bonchev–Trinajstić information content (AvgIpc) is 2.83. The molecule has 3 saturated carbocycles.